The summed E-state index contributed by atoms with van der Waals surface area (Å²) in [6, 6.07) is 3.40. The number of rotatable bonds is 2. The number of halogens is 14. The molecule has 0 aliphatic heterocycles. The van der Waals surface area contributed by atoms with Crippen molar-refractivity contribution >= 4 is 229 Å². The SMILES string of the molecule is O=C(OC1(Br)C(Br)(Br)C(Br)(Br)C(Br)(Br)C(Br)(Br)C1(Br)Br)c1ccc(Br)c(Br)c1Br. The minimum absolute atomic E-state index is 0.324. The van der Waals surface area contributed by atoms with Crippen LogP contribution in [0.15, 0.2) is 25.6 Å². The minimum atomic E-state index is -1.46. The Balaban J connectivity index is 2.69. The minimum Gasteiger partial charge on any atom is -0.439 e. The van der Waals surface area contributed by atoms with Gasteiger partial charge in [-0.15, -0.1) is 0 Å². The summed E-state index contributed by atoms with van der Waals surface area (Å²) in [7, 11) is 0. The van der Waals surface area contributed by atoms with Crippen molar-refractivity contribution in [3.63, 3.8) is 0 Å². The summed E-state index contributed by atoms with van der Waals surface area (Å²) in [6.45, 7) is 0. The first kappa shape index (κ1) is 30.6. The summed E-state index contributed by atoms with van der Waals surface area (Å²) < 4.78 is 1.45. The van der Waals surface area contributed by atoms with Crippen LogP contribution in [-0.4, -0.2) is 26.6 Å². The first-order valence-electron chi connectivity index (χ1n) is 6.67. The molecular weight excluding hydrogens is 1310 g/mol. The highest BCUT2D eigenvalue weighted by atomic mass is 79.9. The van der Waals surface area contributed by atoms with Crippen LogP contribution in [0.4, 0.5) is 0 Å². The van der Waals surface area contributed by atoms with E-state index in [1.54, 1.807) is 12.1 Å². The highest BCUT2D eigenvalue weighted by molar-refractivity contribution is 9.36. The van der Waals surface area contributed by atoms with Gasteiger partial charge in [0.1, 0.15) is 9.70 Å². The van der Waals surface area contributed by atoms with Crippen LogP contribution >= 0.6 is 223 Å². The number of alkyl halides is 11. The fourth-order valence-corrected chi connectivity index (χ4v) is 15.9. The van der Waals surface area contributed by atoms with Crippen molar-refractivity contribution in [3.8, 4) is 0 Å². The van der Waals surface area contributed by atoms with Crippen molar-refractivity contribution in [2.75, 3.05) is 0 Å². The lowest BCUT2D eigenvalue weighted by molar-refractivity contribution is 0.0111. The molecule has 1 aromatic rings. The third kappa shape index (κ3) is 4.52. The number of hydrogen-bond donors (Lipinski definition) is 0. The van der Waals surface area contributed by atoms with Crippen molar-refractivity contribution in [3.05, 3.63) is 31.1 Å². The van der Waals surface area contributed by atoms with E-state index in [9.17, 15) is 4.79 Å². The standard InChI is InChI=1S/C13H2Br14O2/c14-4-2-1-3(5(15)6(4)16)7(28)29-13(27)11(23,24)9(19,20)8(17,18)10(21,22)12(13,25)26/h1-2H. The molecule has 1 aliphatic rings. The molecule has 2 rings (SSSR count). The van der Waals surface area contributed by atoms with Gasteiger partial charge in [-0.1, -0.05) is 159 Å². The van der Waals surface area contributed by atoms with Crippen LogP contribution in [0.5, 0.6) is 0 Å². The van der Waals surface area contributed by atoms with Gasteiger partial charge in [-0.05, 0) is 75.9 Å². The molecule has 0 radical (unpaired) electrons. The van der Waals surface area contributed by atoms with Gasteiger partial charge in [-0.2, -0.15) is 0 Å². The fourth-order valence-electron chi connectivity index (χ4n) is 2.19. The van der Waals surface area contributed by atoms with Gasteiger partial charge < -0.3 is 4.74 Å². The lowest BCUT2D eigenvalue weighted by Crippen LogP contribution is -2.79. The van der Waals surface area contributed by atoms with Crippen molar-refractivity contribution < 1.29 is 9.53 Å². The summed E-state index contributed by atoms with van der Waals surface area (Å²) in [5.74, 6) is -0.586. The molecule has 0 heterocycles. The normalized spacial score (nSPS) is 25.3. The third-order valence-electron chi connectivity index (χ3n) is 3.87. The lowest BCUT2D eigenvalue weighted by atomic mass is 9.95. The molecule has 29 heavy (non-hydrogen) atoms. The van der Waals surface area contributed by atoms with E-state index in [2.05, 4.69) is 223 Å². The largest absolute Gasteiger partial charge is 0.439 e. The molecule has 0 bridgehead atoms. The van der Waals surface area contributed by atoms with Gasteiger partial charge in [-0.25, -0.2) is 4.79 Å². The lowest BCUT2D eigenvalue weighted by Gasteiger charge is -2.64. The summed E-state index contributed by atoms with van der Waals surface area (Å²) in [5.41, 5.74) is 0.324. The van der Waals surface area contributed by atoms with Crippen LogP contribution in [0.25, 0.3) is 0 Å². The number of ether oxygens (including phenoxy) is 1. The molecule has 1 aliphatic carbocycles. The van der Waals surface area contributed by atoms with E-state index >= 15 is 0 Å². The van der Waals surface area contributed by atoms with E-state index in [1.165, 1.54) is 0 Å². The second-order valence-electron chi connectivity index (χ2n) is 5.58. The van der Waals surface area contributed by atoms with Crippen LogP contribution in [0.1, 0.15) is 10.4 Å². The molecule has 0 amide bonds. The van der Waals surface area contributed by atoms with Crippen molar-refractivity contribution in [1.29, 1.82) is 0 Å². The predicted octanol–water partition coefficient (Wildman–Crippen LogP) is 11.7. The van der Waals surface area contributed by atoms with Crippen LogP contribution in [-0.2, 0) is 4.74 Å². The monoisotopic (exact) mass is 1290 g/mol. The molecule has 1 fully saturated rings. The predicted molar refractivity (Wildman–Crippen MR) is 170 cm³/mol. The Kier molecular flexibility index (Phi) is 10.5. The molecule has 1 aromatic carbocycles. The molecule has 0 atom stereocenters. The van der Waals surface area contributed by atoms with Gasteiger partial charge in [0.2, 0.25) is 4.51 Å². The highest BCUT2D eigenvalue weighted by Crippen LogP contribution is 2.82. The van der Waals surface area contributed by atoms with Crippen LogP contribution in [0.2, 0.25) is 0 Å². The van der Waals surface area contributed by atoms with Crippen molar-refractivity contribution in [1.82, 2.24) is 0 Å². The number of carbonyl (C=O) groups excluding carboxylic acids is 1. The number of carbonyl (C=O) groups is 1. The Hall–Kier alpha value is 5.41. The summed E-state index contributed by atoms with van der Waals surface area (Å²) in [5, 5.41) is 0. The van der Waals surface area contributed by atoms with Crippen LogP contribution < -0.4 is 0 Å². The molecule has 16 heteroatoms. The molecule has 0 saturated heterocycles. The van der Waals surface area contributed by atoms with E-state index in [0.29, 0.717) is 14.5 Å². The van der Waals surface area contributed by atoms with E-state index < -0.39 is 26.6 Å². The number of hydrogen-bond acceptors (Lipinski definition) is 2. The quantitative estimate of drug-likeness (QED) is 0.168. The first-order valence-corrected chi connectivity index (χ1v) is 17.8. The Bertz CT molecular complexity index is 831. The molecule has 2 nitrogen and oxygen atoms in total. The first-order chi connectivity index (χ1) is 12.7. The second kappa shape index (κ2) is 9.94. The topological polar surface area (TPSA) is 26.3 Å². The second-order valence-corrected chi connectivity index (χ2v) is 26.4. The molecule has 0 aromatic heterocycles. The van der Waals surface area contributed by atoms with E-state index in [4.69, 9.17) is 4.74 Å². The summed E-state index contributed by atoms with van der Waals surface area (Å²) >= 11 is 51.0. The van der Waals surface area contributed by atoms with Crippen LogP contribution in [0.3, 0.4) is 0 Å². The van der Waals surface area contributed by atoms with Gasteiger partial charge in [-0.3, -0.25) is 0 Å². The molecule has 1 saturated carbocycles. The zero-order chi connectivity index (χ0) is 23.0. The van der Waals surface area contributed by atoms with Gasteiger partial charge in [0.05, 0.1) is 5.56 Å². The maximum atomic E-state index is 13.3. The van der Waals surface area contributed by atoms with Gasteiger partial charge >= 0.3 is 5.97 Å². The van der Waals surface area contributed by atoms with E-state index in [0.717, 1.165) is 4.47 Å². The molecule has 0 N–H and O–H groups in total. The molecular formula is C13H2Br14O2. The average molecular weight is 1310 g/mol. The smallest absolute Gasteiger partial charge is 0.340 e. The van der Waals surface area contributed by atoms with Crippen molar-refractivity contribution in [2.45, 2.75) is 20.7 Å². The number of esters is 1. The average Bonchev–Trinajstić information content (AvgIpc) is 2.57. The third-order valence-corrected chi connectivity index (χ3v) is 31.0. The molecule has 0 spiro atoms. The highest BCUT2D eigenvalue weighted by Gasteiger charge is 2.86. The molecule has 164 valence electrons. The number of benzene rings is 1. The Labute approximate surface area is 284 Å². The maximum absolute atomic E-state index is 13.3. The van der Waals surface area contributed by atoms with Gasteiger partial charge in [0.25, 0.3) is 0 Å². The summed E-state index contributed by atoms with van der Waals surface area (Å²) in [6.07, 6.45) is 0. The molecule has 0 unspecified atom stereocenters. The maximum Gasteiger partial charge on any atom is 0.340 e. The van der Waals surface area contributed by atoms with Gasteiger partial charge in [0.15, 0.2) is 6.47 Å². The Morgan fingerprint density at radius 1 is 0.621 bits per heavy atom. The van der Waals surface area contributed by atoms with Crippen molar-refractivity contribution in [2.24, 2.45) is 0 Å². The fraction of sp³-hybridized carbons (Fsp3) is 0.462. The zero-order valence-corrected chi connectivity index (χ0v) is 35.0. The van der Waals surface area contributed by atoms with Crippen LogP contribution in [0, 0.1) is 0 Å². The Morgan fingerprint density at radius 2 is 1.00 bits per heavy atom. The van der Waals surface area contributed by atoms with Gasteiger partial charge in [0, 0.05) is 13.4 Å². The van der Waals surface area contributed by atoms with E-state index in [1.807, 2.05) is 0 Å². The zero-order valence-electron chi connectivity index (χ0n) is 12.8. The summed E-state index contributed by atoms with van der Waals surface area (Å²) in [4.78, 5) is 13.3. The Morgan fingerprint density at radius 3 is 1.41 bits per heavy atom. The van der Waals surface area contributed by atoms with E-state index in [-0.39, 0.29) is 0 Å².